The first-order chi connectivity index (χ1) is 10.1. The lowest BCUT2D eigenvalue weighted by atomic mass is 9.85. The molecule has 4 aliphatic rings. The molecular weight excluding hydrogens is 268 g/mol. The molecule has 4 fully saturated rings. The summed E-state index contributed by atoms with van der Waals surface area (Å²) in [6, 6.07) is -0.193. The van der Waals surface area contributed by atoms with E-state index < -0.39 is 5.54 Å². The molecule has 1 N–H and O–H groups in total. The lowest BCUT2D eigenvalue weighted by Crippen LogP contribution is -2.72. The Balaban J connectivity index is 1.67. The van der Waals surface area contributed by atoms with Crippen molar-refractivity contribution in [2.24, 2.45) is 0 Å². The summed E-state index contributed by atoms with van der Waals surface area (Å²) in [5, 5.41) is 3.07. The Morgan fingerprint density at radius 3 is 2.62 bits per heavy atom. The number of nitrogens with one attached hydrogen (secondary N) is 1. The maximum absolute atomic E-state index is 13.2. The summed E-state index contributed by atoms with van der Waals surface area (Å²) < 4.78 is 5.94. The van der Waals surface area contributed by atoms with Crippen LogP contribution in [0.25, 0.3) is 0 Å². The van der Waals surface area contributed by atoms with Gasteiger partial charge in [-0.05, 0) is 38.5 Å². The van der Waals surface area contributed by atoms with Crippen molar-refractivity contribution in [3.63, 3.8) is 0 Å². The van der Waals surface area contributed by atoms with Gasteiger partial charge in [0.15, 0.2) is 0 Å². The third-order valence-corrected chi connectivity index (χ3v) is 5.92. The zero-order chi connectivity index (χ0) is 14.6. The molecule has 5 nitrogen and oxygen atoms in total. The highest BCUT2D eigenvalue weighted by Gasteiger charge is 2.56. The van der Waals surface area contributed by atoms with Crippen molar-refractivity contribution in [3.8, 4) is 0 Å². The number of ether oxygens (including phenoxy) is 1. The van der Waals surface area contributed by atoms with Gasteiger partial charge in [0.25, 0.3) is 0 Å². The molecule has 1 spiro atoms. The van der Waals surface area contributed by atoms with E-state index in [4.69, 9.17) is 4.74 Å². The minimum absolute atomic E-state index is 0.0433. The van der Waals surface area contributed by atoms with Crippen LogP contribution in [0.3, 0.4) is 0 Å². The SMILES string of the molecule is CCC1C(=O)NC2(CCCC2)C(=O)N1C1CC2CCC1O2. The highest BCUT2D eigenvalue weighted by atomic mass is 16.5. The number of piperazine rings is 1. The van der Waals surface area contributed by atoms with Gasteiger partial charge in [-0.1, -0.05) is 19.8 Å². The van der Waals surface area contributed by atoms with E-state index in [1.165, 1.54) is 0 Å². The molecule has 1 saturated carbocycles. The zero-order valence-electron chi connectivity index (χ0n) is 12.6. The Bertz CT molecular complexity index is 472. The second kappa shape index (κ2) is 4.70. The normalized spacial score (nSPS) is 41.1. The molecule has 0 aromatic heterocycles. The van der Waals surface area contributed by atoms with E-state index in [0.29, 0.717) is 12.5 Å². The van der Waals surface area contributed by atoms with Crippen LogP contribution in [0.4, 0.5) is 0 Å². The van der Waals surface area contributed by atoms with Crippen LogP contribution in [0, 0.1) is 0 Å². The van der Waals surface area contributed by atoms with Crippen molar-refractivity contribution >= 4 is 11.8 Å². The van der Waals surface area contributed by atoms with E-state index in [1.54, 1.807) is 0 Å². The van der Waals surface area contributed by atoms with Gasteiger partial charge >= 0.3 is 0 Å². The van der Waals surface area contributed by atoms with Crippen LogP contribution in [0.2, 0.25) is 0 Å². The maximum atomic E-state index is 13.2. The fraction of sp³-hybridized carbons (Fsp3) is 0.875. The average molecular weight is 292 g/mol. The van der Waals surface area contributed by atoms with Crippen LogP contribution in [-0.4, -0.2) is 46.5 Å². The molecular formula is C16H24N2O3. The molecule has 21 heavy (non-hydrogen) atoms. The number of hydrogen-bond acceptors (Lipinski definition) is 3. The molecule has 1 aliphatic carbocycles. The van der Waals surface area contributed by atoms with E-state index in [0.717, 1.165) is 44.9 Å². The van der Waals surface area contributed by atoms with Crippen LogP contribution in [-0.2, 0) is 14.3 Å². The quantitative estimate of drug-likeness (QED) is 0.836. The van der Waals surface area contributed by atoms with Crippen molar-refractivity contribution in [1.29, 1.82) is 0 Å². The van der Waals surface area contributed by atoms with Crippen molar-refractivity contribution in [2.75, 3.05) is 0 Å². The van der Waals surface area contributed by atoms with Crippen LogP contribution >= 0.6 is 0 Å². The first kappa shape index (κ1) is 13.6. The lowest BCUT2D eigenvalue weighted by Gasteiger charge is -2.48. The minimum Gasteiger partial charge on any atom is -0.373 e. The number of rotatable bonds is 2. The number of carbonyl (C=O) groups is 2. The third-order valence-electron chi connectivity index (χ3n) is 5.92. The van der Waals surface area contributed by atoms with Gasteiger partial charge in [-0.3, -0.25) is 9.59 Å². The number of hydrogen-bond donors (Lipinski definition) is 1. The largest absolute Gasteiger partial charge is 0.373 e. The molecule has 3 aliphatic heterocycles. The summed E-state index contributed by atoms with van der Waals surface area (Å²) in [6.45, 7) is 1.99. The van der Waals surface area contributed by atoms with Crippen molar-refractivity contribution in [1.82, 2.24) is 10.2 Å². The van der Waals surface area contributed by atoms with Gasteiger partial charge in [0.05, 0.1) is 18.2 Å². The predicted molar refractivity (Wildman–Crippen MR) is 76.6 cm³/mol. The molecule has 4 atom stereocenters. The Hall–Kier alpha value is -1.10. The molecule has 5 heteroatoms. The Morgan fingerprint density at radius 1 is 1.29 bits per heavy atom. The van der Waals surface area contributed by atoms with E-state index in [2.05, 4.69) is 5.32 Å². The summed E-state index contributed by atoms with van der Waals surface area (Å²) in [7, 11) is 0. The molecule has 0 aromatic rings. The molecule has 3 saturated heterocycles. The molecule has 116 valence electrons. The summed E-state index contributed by atoms with van der Waals surface area (Å²) in [5.41, 5.74) is -0.607. The number of amides is 2. The van der Waals surface area contributed by atoms with E-state index >= 15 is 0 Å². The fourth-order valence-corrected chi connectivity index (χ4v) is 4.87. The topological polar surface area (TPSA) is 58.6 Å². The van der Waals surface area contributed by atoms with Crippen molar-refractivity contribution < 1.29 is 14.3 Å². The summed E-state index contributed by atoms with van der Waals surface area (Å²) in [6.07, 6.45) is 7.85. The summed E-state index contributed by atoms with van der Waals surface area (Å²) in [4.78, 5) is 27.7. The standard InChI is InChI=1S/C16H24N2O3/c1-2-11-14(19)17-16(7-3-4-8-16)15(20)18(11)12-9-10-5-6-13(12)21-10/h10-13H,2-9H2,1H3,(H,17,19). The Labute approximate surface area is 125 Å². The van der Waals surface area contributed by atoms with E-state index in [1.807, 2.05) is 11.8 Å². The monoisotopic (exact) mass is 292 g/mol. The first-order valence-electron chi connectivity index (χ1n) is 8.45. The highest BCUT2D eigenvalue weighted by Crippen LogP contribution is 2.42. The molecule has 0 aromatic carbocycles. The lowest BCUT2D eigenvalue weighted by molar-refractivity contribution is -0.159. The van der Waals surface area contributed by atoms with Crippen molar-refractivity contribution in [3.05, 3.63) is 0 Å². The fourth-order valence-electron chi connectivity index (χ4n) is 4.87. The van der Waals surface area contributed by atoms with Gasteiger partial charge in [-0.15, -0.1) is 0 Å². The third kappa shape index (κ3) is 1.86. The van der Waals surface area contributed by atoms with Crippen LogP contribution in [0.1, 0.15) is 58.3 Å². The molecule has 2 bridgehead atoms. The Kier molecular flexibility index (Phi) is 3.03. The predicted octanol–water partition coefficient (Wildman–Crippen LogP) is 1.36. The average Bonchev–Trinajstić information content (AvgIpc) is 3.19. The molecule has 4 unspecified atom stereocenters. The van der Waals surface area contributed by atoms with Gasteiger partial charge in [-0.25, -0.2) is 0 Å². The second-order valence-electron chi connectivity index (χ2n) is 7.09. The second-order valence-corrected chi connectivity index (χ2v) is 7.09. The van der Waals surface area contributed by atoms with Gasteiger partial charge in [0.2, 0.25) is 11.8 Å². The number of nitrogens with zero attached hydrogens (tertiary/aromatic N) is 1. The molecule has 3 heterocycles. The number of carbonyl (C=O) groups excluding carboxylic acids is 2. The minimum atomic E-state index is -0.607. The van der Waals surface area contributed by atoms with Gasteiger partial charge in [0.1, 0.15) is 11.6 Å². The van der Waals surface area contributed by atoms with Gasteiger partial charge in [-0.2, -0.15) is 0 Å². The molecule has 4 rings (SSSR count). The first-order valence-corrected chi connectivity index (χ1v) is 8.45. The zero-order valence-corrected chi connectivity index (χ0v) is 12.6. The highest BCUT2D eigenvalue weighted by molar-refractivity contribution is 6.00. The van der Waals surface area contributed by atoms with Crippen molar-refractivity contribution in [2.45, 2.75) is 88.1 Å². The van der Waals surface area contributed by atoms with Crippen LogP contribution in [0.15, 0.2) is 0 Å². The Morgan fingerprint density at radius 2 is 2.05 bits per heavy atom. The van der Waals surface area contributed by atoms with E-state index in [-0.39, 0.29) is 30.0 Å². The number of fused-ring (bicyclic) bond motifs is 2. The van der Waals surface area contributed by atoms with Crippen LogP contribution < -0.4 is 5.32 Å². The molecule has 0 radical (unpaired) electrons. The van der Waals surface area contributed by atoms with E-state index in [9.17, 15) is 9.59 Å². The van der Waals surface area contributed by atoms with Crippen LogP contribution in [0.5, 0.6) is 0 Å². The smallest absolute Gasteiger partial charge is 0.249 e. The molecule has 2 amide bonds. The summed E-state index contributed by atoms with van der Waals surface area (Å²) in [5.74, 6) is 0.203. The van der Waals surface area contributed by atoms with Gasteiger partial charge < -0.3 is 15.0 Å². The van der Waals surface area contributed by atoms with Gasteiger partial charge in [0, 0.05) is 0 Å². The summed E-state index contributed by atoms with van der Waals surface area (Å²) >= 11 is 0. The maximum Gasteiger partial charge on any atom is 0.249 e.